The highest BCUT2D eigenvalue weighted by atomic mass is 16.3. The third kappa shape index (κ3) is 3.26. The first kappa shape index (κ1) is 20.2. The van der Waals surface area contributed by atoms with Gasteiger partial charge in [0.1, 0.15) is 5.76 Å². The van der Waals surface area contributed by atoms with Gasteiger partial charge in [0, 0.05) is 16.6 Å². The Hall–Kier alpha value is -1.57. The maximum atomic E-state index is 13.7. The standard InChI is InChI=1S/C25H36O2/c1-22(2,3)15-25(16-23(4,5)6)18-13-14-24(25,7)21(27)19(18)20(26)17-11-9-8-10-12-17/h8-12,18,26H,13-16H2,1-7H3. The van der Waals surface area contributed by atoms with Gasteiger partial charge < -0.3 is 5.11 Å². The number of ketones is 1. The number of aliphatic hydroxyl groups is 1. The Labute approximate surface area is 165 Å². The van der Waals surface area contributed by atoms with Gasteiger partial charge in [-0.05, 0) is 47.8 Å². The minimum Gasteiger partial charge on any atom is -0.507 e. The Balaban J connectivity index is 2.20. The van der Waals surface area contributed by atoms with Gasteiger partial charge in [-0.1, -0.05) is 78.8 Å². The van der Waals surface area contributed by atoms with E-state index in [0.29, 0.717) is 5.57 Å². The largest absolute Gasteiger partial charge is 0.507 e. The van der Waals surface area contributed by atoms with E-state index < -0.39 is 0 Å². The summed E-state index contributed by atoms with van der Waals surface area (Å²) in [5.74, 6) is 0.545. The van der Waals surface area contributed by atoms with E-state index in [0.717, 1.165) is 31.2 Å². The van der Waals surface area contributed by atoms with Gasteiger partial charge in [-0.25, -0.2) is 0 Å². The molecule has 2 fully saturated rings. The summed E-state index contributed by atoms with van der Waals surface area (Å²) in [5.41, 5.74) is 1.26. The van der Waals surface area contributed by atoms with Crippen LogP contribution in [0.25, 0.3) is 5.76 Å². The van der Waals surface area contributed by atoms with Crippen LogP contribution >= 0.6 is 0 Å². The van der Waals surface area contributed by atoms with E-state index in [1.807, 2.05) is 30.3 Å². The third-order valence-electron chi connectivity index (χ3n) is 6.79. The van der Waals surface area contributed by atoms with Crippen molar-refractivity contribution in [1.29, 1.82) is 0 Å². The van der Waals surface area contributed by atoms with Crippen LogP contribution in [0.5, 0.6) is 0 Å². The Kier molecular flexibility index (Phi) is 4.65. The predicted molar refractivity (Wildman–Crippen MR) is 112 cm³/mol. The zero-order valence-corrected chi connectivity index (χ0v) is 18.1. The van der Waals surface area contributed by atoms with Crippen molar-refractivity contribution >= 4 is 11.5 Å². The van der Waals surface area contributed by atoms with Crippen LogP contribution in [0.15, 0.2) is 35.9 Å². The van der Waals surface area contributed by atoms with Crippen molar-refractivity contribution in [2.75, 3.05) is 0 Å². The van der Waals surface area contributed by atoms with Gasteiger partial charge >= 0.3 is 0 Å². The van der Waals surface area contributed by atoms with Crippen molar-refractivity contribution in [2.45, 2.75) is 74.1 Å². The fourth-order valence-electron chi connectivity index (χ4n) is 6.17. The number of carbonyl (C=O) groups excluding carboxylic acids is 1. The van der Waals surface area contributed by atoms with Crippen LogP contribution in [-0.2, 0) is 4.79 Å². The van der Waals surface area contributed by atoms with Crippen LogP contribution in [-0.4, -0.2) is 10.9 Å². The molecule has 2 nitrogen and oxygen atoms in total. The molecule has 0 heterocycles. The molecule has 0 radical (unpaired) electrons. The normalized spacial score (nSPS) is 29.3. The van der Waals surface area contributed by atoms with Crippen molar-refractivity contribution < 1.29 is 9.90 Å². The summed E-state index contributed by atoms with van der Waals surface area (Å²) in [6.07, 6.45) is 3.96. The molecule has 0 spiro atoms. The molecule has 1 N–H and O–H groups in total. The Bertz CT molecular complexity index is 742. The van der Waals surface area contributed by atoms with E-state index in [2.05, 4.69) is 48.5 Å². The second kappa shape index (κ2) is 6.22. The van der Waals surface area contributed by atoms with Gasteiger partial charge in [-0.2, -0.15) is 0 Å². The average Bonchev–Trinajstić information content (AvgIpc) is 2.86. The molecular weight excluding hydrogens is 332 g/mol. The van der Waals surface area contributed by atoms with Gasteiger partial charge in [0.15, 0.2) is 5.78 Å². The molecule has 2 atom stereocenters. The summed E-state index contributed by atoms with van der Waals surface area (Å²) in [6.45, 7) is 15.9. The number of Topliss-reactive ketones (excluding diaryl/α,β-unsaturated/α-hetero) is 1. The van der Waals surface area contributed by atoms with Crippen LogP contribution in [0.2, 0.25) is 0 Å². The van der Waals surface area contributed by atoms with Crippen molar-refractivity contribution in [3.05, 3.63) is 41.5 Å². The molecule has 2 aliphatic carbocycles. The molecule has 2 aliphatic rings. The number of aliphatic hydroxyl groups excluding tert-OH is 1. The second-order valence-electron chi connectivity index (χ2n) is 11.5. The molecule has 0 aliphatic heterocycles. The zero-order valence-electron chi connectivity index (χ0n) is 18.1. The van der Waals surface area contributed by atoms with Crippen molar-refractivity contribution in [3.63, 3.8) is 0 Å². The van der Waals surface area contributed by atoms with Crippen LogP contribution in [0, 0.1) is 27.6 Å². The van der Waals surface area contributed by atoms with Gasteiger partial charge in [0.05, 0.1) is 0 Å². The summed E-state index contributed by atoms with van der Waals surface area (Å²) >= 11 is 0. The van der Waals surface area contributed by atoms with Gasteiger partial charge in [0.2, 0.25) is 0 Å². The smallest absolute Gasteiger partial charge is 0.169 e. The Morgan fingerprint density at radius 3 is 2.04 bits per heavy atom. The van der Waals surface area contributed by atoms with Gasteiger partial charge in [0.25, 0.3) is 0 Å². The molecule has 0 aromatic heterocycles. The number of benzene rings is 1. The number of fused-ring (bicyclic) bond motifs is 2. The molecule has 148 valence electrons. The fraction of sp³-hybridized carbons (Fsp3) is 0.640. The monoisotopic (exact) mass is 368 g/mol. The maximum absolute atomic E-state index is 13.7. The van der Waals surface area contributed by atoms with Crippen LogP contribution in [0.1, 0.15) is 79.7 Å². The van der Waals surface area contributed by atoms with E-state index >= 15 is 0 Å². The topological polar surface area (TPSA) is 37.3 Å². The minimum absolute atomic E-state index is 0.0846. The van der Waals surface area contributed by atoms with E-state index in [4.69, 9.17) is 0 Å². The number of carbonyl (C=O) groups is 1. The van der Waals surface area contributed by atoms with Crippen LogP contribution in [0.4, 0.5) is 0 Å². The van der Waals surface area contributed by atoms with Crippen molar-refractivity contribution in [1.82, 2.24) is 0 Å². The molecule has 2 bridgehead atoms. The maximum Gasteiger partial charge on any atom is 0.169 e. The first-order valence-electron chi connectivity index (χ1n) is 10.3. The number of hydrogen-bond acceptors (Lipinski definition) is 2. The molecule has 1 aromatic carbocycles. The molecular formula is C25H36O2. The lowest BCUT2D eigenvalue weighted by molar-refractivity contribution is -0.128. The Morgan fingerprint density at radius 1 is 1.04 bits per heavy atom. The molecule has 2 saturated carbocycles. The lowest BCUT2D eigenvalue weighted by atomic mass is 9.56. The predicted octanol–water partition coefficient (Wildman–Crippen LogP) is 6.81. The summed E-state index contributed by atoms with van der Waals surface area (Å²) in [6, 6.07) is 9.58. The number of allylic oxidation sites excluding steroid dienone is 1. The average molecular weight is 369 g/mol. The molecule has 0 amide bonds. The summed E-state index contributed by atoms with van der Waals surface area (Å²) in [5, 5.41) is 11.1. The number of hydrogen-bond donors (Lipinski definition) is 1. The molecule has 27 heavy (non-hydrogen) atoms. The molecule has 2 unspecified atom stereocenters. The van der Waals surface area contributed by atoms with Gasteiger partial charge in [-0.3, -0.25) is 4.79 Å². The highest BCUT2D eigenvalue weighted by Gasteiger charge is 2.70. The highest BCUT2D eigenvalue weighted by molar-refractivity contribution is 6.09. The van der Waals surface area contributed by atoms with Crippen LogP contribution < -0.4 is 0 Å². The zero-order chi connectivity index (χ0) is 20.3. The molecule has 0 saturated heterocycles. The van der Waals surface area contributed by atoms with Crippen LogP contribution in [0.3, 0.4) is 0 Å². The summed E-state index contributed by atoms with van der Waals surface area (Å²) < 4.78 is 0. The first-order chi connectivity index (χ1) is 12.3. The highest BCUT2D eigenvalue weighted by Crippen LogP contribution is 2.72. The van der Waals surface area contributed by atoms with Gasteiger partial charge in [-0.15, -0.1) is 0 Å². The SMILES string of the molecule is CC(C)(C)CC1(CC(C)(C)C)C2CCC1(C)C(=O)C2=C(O)c1ccccc1. The van der Waals surface area contributed by atoms with Crippen molar-refractivity contribution in [3.8, 4) is 0 Å². The quantitative estimate of drug-likeness (QED) is 0.470. The van der Waals surface area contributed by atoms with Crippen molar-refractivity contribution in [2.24, 2.45) is 27.6 Å². The summed E-state index contributed by atoms with van der Waals surface area (Å²) in [7, 11) is 0. The minimum atomic E-state index is -0.379. The summed E-state index contributed by atoms with van der Waals surface area (Å²) in [4.78, 5) is 13.7. The lowest BCUT2D eigenvalue weighted by Crippen LogP contribution is -2.42. The first-order valence-corrected chi connectivity index (χ1v) is 10.3. The second-order valence-corrected chi connectivity index (χ2v) is 11.5. The number of rotatable bonds is 3. The molecule has 2 heteroatoms. The molecule has 1 aromatic rings. The third-order valence-corrected chi connectivity index (χ3v) is 6.79. The lowest BCUT2D eigenvalue weighted by Gasteiger charge is -2.47. The fourth-order valence-corrected chi connectivity index (χ4v) is 6.17. The Morgan fingerprint density at radius 2 is 1.56 bits per heavy atom. The van der Waals surface area contributed by atoms with E-state index in [9.17, 15) is 9.90 Å². The van der Waals surface area contributed by atoms with E-state index in [1.165, 1.54) is 0 Å². The van der Waals surface area contributed by atoms with E-state index in [1.54, 1.807) is 0 Å². The van der Waals surface area contributed by atoms with E-state index in [-0.39, 0.29) is 39.1 Å². The molecule has 3 rings (SSSR count).